The fourth-order valence-electron chi connectivity index (χ4n) is 3.00. The van der Waals surface area contributed by atoms with E-state index in [1.54, 1.807) is 0 Å². The average molecular weight is 271 g/mol. The van der Waals surface area contributed by atoms with Gasteiger partial charge in [-0.15, -0.1) is 0 Å². The molecule has 19 heavy (non-hydrogen) atoms. The summed E-state index contributed by atoms with van der Waals surface area (Å²) in [5, 5.41) is 6.70. The van der Waals surface area contributed by atoms with Gasteiger partial charge in [-0.3, -0.25) is 0 Å². The van der Waals surface area contributed by atoms with Crippen LogP contribution in [0.25, 0.3) is 0 Å². The highest BCUT2D eigenvalue weighted by molar-refractivity contribution is 5.38. The van der Waals surface area contributed by atoms with Gasteiger partial charge in [0.1, 0.15) is 5.82 Å². The van der Waals surface area contributed by atoms with Gasteiger partial charge in [0.05, 0.1) is 5.56 Å². The zero-order valence-electron chi connectivity index (χ0n) is 10.4. The molecule has 0 radical (unpaired) electrons. The van der Waals surface area contributed by atoms with Crippen LogP contribution in [0.3, 0.4) is 0 Å². The molecular formula is C13H16F3N3. The van der Waals surface area contributed by atoms with Gasteiger partial charge in [0, 0.05) is 18.3 Å². The Bertz CT molecular complexity index is 435. The first kappa shape index (κ1) is 12.7. The third-order valence-electron chi connectivity index (χ3n) is 4.05. The Morgan fingerprint density at radius 2 is 2.11 bits per heavy atom. The summed E-state index contributed by atoms with van der Waals surface area (Å²) in [7, 11) is 0. The minimum Gasteiger partial charge on any atom is -0.366 e. The third-order valence-corrected chi connectivity index (χ3v) is 4.05. The Balaban J connectivity index is 1.67. The van der Waals surface area contributed by atoms with E-state index in [4.69, 9.17) is 0 Å². The normalized spacial score (nSPS) is 30.4. The first-order valence-corrected chi connectivity index (χ1v) is 6.55. The summed E-state index contributed by atoms with van der Waals surface area (Å²) in [6.07, 6.45) is 0.00740. The fourth-order valence-corrected chi connectivity index (χ4v) is 3.00. The lowest BCUT2D eigenvalue weighted by Gasteiger charge is -2.43. The van der Waals surface area contributed by atoms with Gasteiger partial charge in [0.15, 0.2) is 0 Å². The lowest BCUT2D eigenvalue weighted by Crippen LogP contribution is -2.55. The number of nitrogens with zero attached hydrogens (tertiary/aromatic N) is 1. The Morgan fingerprint density at radius 1 is 1.26 bits per heavy atom. The first-order chi connectivity index (χ1) is 9.02. The maximum absolute atomic E-state index is 12.4. The number of hydrogen-bond donors (Lipinski definition) is 2. The number of anilines is 1. The summed E-state index contributed by atoms with van der Waals surface area (Å²) in [4.78, 5) is 3.86. The fraction of sp³-hybridized carbons (Fsp3) is 0.615. The Morgan fingerprint density at radius 3 is 2.58 bits per heavy atom. The molecule has 1 aromatic heterocycles. The van der Waals surface area contributed by atoms with Crippen molar-refractivity contribution in [2.45, 2.75) is 37.5 Å². The Labute approximate surface area is 109 Å². The van der Waals surface area contributed by atoms with Crippen molar-refractivity contribution in [3.05, 3.63) is 23.9 Å². The molecule has 3 heterocycles. The van der Waals surface area contributed by atoms with Crippen molar-refractivity contribution in [2.75, 3.05) is 11.9 Å². The van der Waals surface area contributed by atoms with Gasteiger partial charge in [-0.2, -0.15) is 13.2 Å². The molecule has 0 unspecified atom stereocenters. The van der Waals surface area contributed by atoms with Crippen LogP contribution >= 0.6 is 0 Å². The quantitative estimate of drug-likeness (QED) is 0.868. The molecule has 2 N–H and O–H groups in total. The number of aromatic nitrogens is 1. The molecule has 4 rings (SSSR count). The van der Waals surface area contributed by atoms with E-state index in [2.05, 4.69) is 15.6 Å². The zero-order valence-corrected chi connectivity index (χ0v) is 10.4. The number of piperidine rings is 2. The van der Waals surface area contributed by atoms with E-state index in [1.807, 2.05) is 0 Å². The number of fused-ring (bicyclic) bond motifs is 3. The zero-order chi connectivity index (χ0) is 13.5. The molecule has 2 saturated heterocycles. The molecule has 3 aliphatic rings. The summed E-state index contributed by atoms with van der Waals surface area (Å²) in [6, 6.07) is 3.17. The van der Waals surface area contributed by atoms with Crippen LogP contribution in [0.1, 0.15) is 24.8 Å². The summed E-state index contributed by atoms with van der Waals surface area (Å²) in [5.41, 5.74) is -0.707. The van der Waals surface area contributed by atoms with E-state index < -0.39 is 11.7 Å². The smallest absolute Gasteiger partial charge is 0.366 e. The lowest BCUT2D eigenvalue weighted by atomic mass is 9.78. The minimum atomic E-state index is -4.32. The van der Waals surface area contributed by atoms with E-state index >= 15 is 0 Å². The van der Waals surface area contributed by atoms with Gasteiger partial charge in [0.25, 0.3) is 0 Å². The predicted molar refractivity (Wildman–Crippen MR) is 65.8 cm³/mol. The van der Waals surface area contributed by atoms with Crippen LogP contribution in [-0.2, 0) is 6.18 Å². The second-order valence-electron chi connectivity index (χ2n) is 5.37. The Hall–Kier alpha value is -1.30. The highest BCUT2D eigenvalue weighted by atomic mass is 19.4. The lowest BCUT2D eigenvalue weighted by molar-refractivity contribution is -0.137. The molecule has 0 aromatic carbocycles. The molecule has 1 saturated carbocycles. The highest BCUT2D eigenvalue weighted by Crippen LogP contribution is 2.32. The summed E-state index contributed by atoms with van der Waals surface area (Å²) < 4.78 is 37.3. The van der Waals surface area contributed by atoms with Crippen molar-refractivity contribution in [1.82, 2.24) is 10.3 Å². The summed E-state index contributed by atoms with van der Waals surface area (Å²) >= 11 is 0. The molecule has 3 nitrogen and oxygen atoms in total. The van der Waals surface area contributed by atoms with Crippen LogP contribution in [0.2, 0.25) is 0 Å². The molecule has 2 bridgehead atoms. The second-order valence-corrected chi connectivity index (χ2v) is 5.37. The number of hydrogen-bond acceptors (Lipinski definition) is 3. The highest BCUT2D eigenvalue weighted by Gasteiger charge is 2.35. The predicted octanol–water partition coefficient (Wildman–Crippen LogP) is 2.65. The van der Waals surface area contributed by atoms with Gasteiger partial charge >= 0.3 is 6.18 Å². The van der Waals surface area contributed by atoms with Crippen LogP contribution in [-0.4, -0.2) is 23.6 Å². The molecule has 2 aliphatic heterocycles. The van der Waals surface area contributed by atoms with Crippen LogP contribution in [0.15, 0.2) is 18.3 Å². The van der Waals surface area contributed by atoms with Crippen LogP contribution in [0, 0.1) is 5.92 Å². The number of rotatable bonds is 2. The van der Waals surface area contributed by atoms with E-state index in [0.717, 1.165) is 31.6 Å². The van der Waals surface area contributed by atoms with Crippen molar-refractivity contribution in [3.8, 4) is 0 Å². The number of pyridine rings is 1. The van der Waals surface area contributed by atoms with Crippen molar-refractivity contribution in [1.29, 1.82) is 0 Å². The van der Waals surface area contributed by atoms with E-state index in [0.29, 0.717) is 17.8 Å². The Kier molecular flexibility index (Phi) is 3.12. The van der Waals surface area contributed by atoms with Crippen LogP contribution in [0.4, 0.5) is 19.0 Å². The number of halogens is 3. The summed E-state index contributed by atoms with van der Waals surface area (Å²) in [6.45, 7) is 1.06. The maximum atomic E-state index is 12.4. The van der Waals surface area contributed by atoms with Crippen molar-refractivity contribution < 1.29 is 13.2 Å². The van der Waals surface area contributed by atoms with Gasteiger partial charge in [0.2, 0.25) is 0 Å². The van der Waals surface area contributed by atoms with Crippen molar-refractivity contribution in [2.24, 2.45) is 5.92 Å². The van der Waals surface area contributed by atoms with Crippen LogP contribution in [0.5, 0.6) is 0 Å². The second kappa shape index (κ2) is 4.67. The molecule has 1 aromatic rings. The third kappa shape index (κ3) is 2.68. The van der Waals surface area contributed by atoms with Crippen LogP contribution < -0.4 is 10.6 Å². The SMILES string of the molecule is FC(F)(F)c1ccc(N[C@@H]2C[C@H]3CC[C@@H]2NC3)nc1. The van der Waals surface area contributed by atoms with E-state index in [-0.39, 0.29) is 6.04 Å². The maximum Gasteiger partial charge on any atom is 0.417 e. The molecule has 0 spiro atoms. The average Bonchev–Trinajstić information content (AvgIpc) is 2.40. The van der Waals surface area contributed by atoms with Gasteiger partial charge < -0.3 is 10.6 Å². The summed E-state index contributed by atoms with van der Waals surface area (Å²) in [5.74, 6) is 1.20. The number of alkyl halides is 3. The molecular weight excluding hydrogens is 255 g/mol. The molecule has 3 fully saturated rings. The van der Waals surface area contributed by atoms with Crippen molar-refractivity contribution >= 4 is 5.82 Å². The standard InChI is InChI=1S/C13H16F3N3/c14-13(15,16)9-2-4-12(18-7-9)19-11-5-8-1-3-10(11)17-6-8/h2,4,7-8,10-11,17H,1,3,5-6H2,(H,18,19)/t8-,10+,11-/m1/s1. The van der Waals surface area contributed by atoms with Gasteiger partial charge in [-0.25, -0.2) is 4.98 Å². The monoisotopic (exact) mass is 271 g/mol. The van der Waals surface area contributed by atoms with E-state index in [9.17, 15) is 13.2 Å². The molecule has 3 atom stereocenters. The minimum absolute atomic E-state index is 0.275. The molecule has 104 valence electrons. The topological polar surface area (TPSA) is 37.0 Å². The van der Waals surface area contributed by atoms with Crippen molar-refractivity contribution in [3.63, 3.8) is 0 Å². The van der Waals surface area contributed by atoms with Gasteiger partial charge in [-0.05, 0) is 43.9 Å². The first-order valence-electron chi connectivity index (χ1n) is 6.55. The largest absolute Gasteiger partial charge is 0.417 e. The molecule has 6 heteroatoms. The molecule has 0 amide bonds. The molecule has 1 aliphatic carbocycles. The van der Waals surface area contributed by atoms with E-state index in [1.165, 1.54) is 12.5 Å². The van der Waals surface area contributed by atoms with Gasteiger partial charge in [-0.1, -0.05) is 0 Å². The number of nitrogens with one attached hydrogen (secondary N) is 2.